The standard InChI is InChI=1S/C13H15BrF4N2/c14-8-5-9(15)13(10(16)6-8)11(7-12(17)18)20-3-1-19-2-4-20/h5-6,11-12,19H,1-4,7H2/t11-/m0/s1. The molecule has 7 heteroatoms. The van der Waals surface area contributed by atoms with Crippen molar-refractivity contribution >= 4 is 15.9 Å². The lowest BCUT2D eigenvalue weighted by molar-refractivity contribution is 0.0710. The highest BCUT2D eigenvalue weighted by atomic mass is 79.9. The molecule has 0 bridgehead atoms. The van der Waals surface area contributed by atoms with E-state index in [1.54, 1.807) is 4.90 Å². The van der Waals surface area contributed by atoms with Crippen LogP contribution in [0.5, 0.6) is 0 Å². The van der Waals surface area contributed by atoms with Gasteiger partial charge in [0.15, 0.2) is 0 Å². The lowest BCUT2D eigenvalue weighted by Gasteiger charge is -2.35. The van der Waals surface area contributed by atoms with E-state index < -0.39 is 30.5 Å². The van der Waals surface area contributed by atoms with Gasteiger partial charge in [-0.1, -0.05) is 15.9 Å². The molecule has 1 aliphatic rings. The van der Waals surface area contributed by atoms with Gasteiger partial charge in [0.05, 0.1) is 0 Å². The summed E-state index contributed by atoms with van der Waals surface area (Å²) in [6, 6.07) is 1.28. The zero-order chi connectivity index (χ0) is 14.7. The number of benzene rings is 1. The van der Waals surface area contributed by atoms with Crippen molar-refractivity contribution in [1.82, 2.24) is 10.2 Å². The molecule has 2 nitrogen and oxygen atoms in total. The van der Waals surface area contributed by atoms with Gasteiger partial charge in [0.25, 0.3) is 0 Å². The third kappa shape index (κ3) is 3.71. The van der Waals surface area contributed by atoms with E-state index in [0.29, 0.717) is 26.2 Å². The normalized spacial score (nSPS) is 18.5. The first-order chi connectivity index (χ1) is 9.49. The molecule has 1 aliphatic heterocycles. The maximum atomic E-state index is 14.0. The molecule has 1 fully saturated rings. The van der Waals surface area contributed by atoms with E-state index in [0.717, 1.165) is 12.1 Å². The summed E-state index contributed by atoms with van der Waals surface area (Å²) >= 11 is 2.99. The first kappa shape index (κ1) is 15.7. The van der Waals surface area contributed by atoms with Crippen LogP contribution in [0.3, 0.4) is 0 Å². The predicted molar refractivity (Wildman–Crippen MR) is 71.9 cm³/mol. The maximum absolute atomic E-state index is 14.0. The molecule has 1 atom stereocenters. The Morgan fingerprint density at radius 3 is 2.20 bits per heavy atom. The molecule has 0 aromatic heterocycles. The van der Waals surface area contributed by atoms with Gasteiger partial charge in [-0.3, -0.25) is 4.90 Å². The molecular weight excluding hydrogens is 340 g/mol. The van der Waals surface area contributed by atoms with E-state index in [-0.39, 0.29) is 10.0 Å². The van der Waals surface area contributed by atoms with E-state index in [4.69, 9.17) is 0 Å². The van der Waals surface area contributed by atoms with Crippen LogP contribution >= 0.6 is 15.9 Å². The summed E-state index contributed by atoms with van der Waals surface area (Å²) in [4.78, 5) is 1.71. The minimum absolute atomic E-state index is 0.257. The van der Waals surface area contributed by atoms with Crippen LogP contribution in [-0.2, 0) is 0 Å². The molecule has 0 radical (unpaired) electrons. The molecule has 1 aromatic rings. The average molecular weight is 355 g/mol. The monoisotopic (exact) mass is 354 g/mol. The minimum atomic E-state index is -2.61. The highest BCUT2D eigenvalue weighted by Gasteiger charge is 2.30. The average Bonchev–Trinajstić information content (AvgIpc) is 2.37. The van der Waals surface area contributed by atoms with Crippen LogP contribution in [-0.4, -0.2) is 37.5 Å². The second kappa shape index (κ2) is 6.87. The summed E-state index contributed by atoms with van der Waals surface area (Å²) in [5.74, 6) is -1.58. The molecule has 1 N–H and O–H groups in total. The topological polar surface area (TPSA) is 15.3 Å². The van der Waals surface area contributed by atoms with Crippen molar-refractivity contribution < 1.29 is 17.6 Å². The first-order valence-corrected chi connectivity index (χ1v) is 7.15. The number of piperazine rings is 1. The lowest BCUT2D eigenvalue weighted by Crippen LogP contribution is -2.46. The van der Waals surface area contributed by atoms with Crippen molar-refractivity contribution in [3.05, 3.63) is 33.8 Å². The Bertz CT molecular complexity index is 441. The fraction of sp³-hybridized carbons (Fsp3) is 0.538. The number of nitrogens with zero attached hydrogens (tertiary/aromatic N) is 1. The predicted octanol–water partition coefficient (Wildman–Crippen LogP) is 3.33. The molecule has 1 saturated heterocycles. The van der Waals surface area contributed by atoms with Crippen LogP contribution in [0.1, 0.15) is 18.0 Å². The van der Waals surface area contributed by atoms with E-state index in [1.165, 1.54) is 0 Å². The van der Waals surface area contributed by atoms with Gasteiger partial charge in [0, 0.05) is 48.7 Å². The van der Waals surface area contributed by atoms with Gasteiger partial charge >= 0.3 is 0 Å². The Hall–Kier alpha value is -0.660. The van der Waals surface area contributed by atoms with Gasteiger partial charge < -0.3 is 5.32 Å². The molecule has 0 unspecified atom stereocenters. The summed E-state index contributed by atoms with van der Waals surface area (Å²) in [7, 11) is 0. The molecule has 0 saturated carbocycles. The third-order valence-electron chi connectivity index (χ3n) is 3.37. The van der Waals surface area contributed by atoms with E-state index in [1.807, 2.05) is 0 Å². The molecule has 0 spiro atoms. The minimum Gasteiger partial charge on any atom is -0.314 e. The lowest BCUT2D eigenvalue weighted by atomic mass is 10.00. The van der Waals surface area contributed by atoms with Crippen LogP contribution in [0.2, 0.25) is 0 Å². The SMILES string of the molecule is Fc1cc(Br)cc(F)c1[C@H](CC(F)F)N1CCNCC1. The Morgan fingerprint density at radius 1 is 1.15 bits per heavy atom. The van der Waals surface area contributed by atoms with Crippen LogP contribution < -0.4 is 5.32 Å². The van der Waals surface area contributed by atoms with Crippen molar-refractivity contribution in [3.63, 3.8) is 0 Å². The number of halogens is 5. The zero-order valence-electron chi connectivity index (χ0n) is 10.7. The summed E-state index contributed by atoms with van der Waals surface area (Å²) in [6.07, 6.45) is -3.19. The largest absolute Gasteiger partial charge is 0.314 e. The molecule has 2 rings (SSSR count). The zero-order valence-corrected chi connectivity index (χ0v) is 12.3. The van der Waals surface area contributed by atoms with Gasteiger partial charge in [-0.2, -0.15) is 0 Å². The molecule has 0 amide bonds. The second-order valence-corrected chi connectivity index (χ2v) is 5.63. The number of nitrogens with one attached hydrogen (secondary N) is 1. The summed E-state index contributed by atoms with van der Waals surface area (Å²) < 4.78 is 53.8. The van der Waals surface area contributed by atoms with Crippen molar-refractivity contribution in [3.8, 4) is 0 Å². The van der Waals surface area contributed by atoms with Crippen LogP contribution in [0.15, 0.2) is 16.6 Å². The van der Waals surface area contributed by atoms with E-state index in [9.17, 15) is 17.6 Å². The van der Waals surface area contributed by atoms with E-state index in [2.05, 4.69) is 21.2 Å². The van der Waals surface area contributed by atoms with Gasteiger partial charge in [-0.15, -0.1) is 0 Å². The van der Waals surface area contributed by atoms with E-state index >= 15 is 0 Å². The van der Waals surface area contributed by atoms with Gasteiger partial charge in [0.2, 0.25) is 6.43 Å². The molecule has 1 heterocycles. The Balaban J connectivity index is 2.35. The van der Waals surface area contributed by atoms with Crippen molar-refractivity contribution in [2.75, 3.05) is 26.2 Å². The van der Waals surface area contributed by atoms with Gasteiger partial charge in [0.1, 0.15) is 11.6 Å². The van der Waals surface area contributed by atoms with Crippen LogP contribution in [0.4, 0.5) is 17.6 Å². The second-order valence-electron chi connectivity index (χ2n) is 4.71. The fourth-order valence-electron chi connectivity index (χ4n) is 2.48. The molecule has 1 aromatic carbocycles. The van der Waals surface area contributed by atoms with Gasteiger partial charge in [-0.05, 0) is 12.1 Å². The first-order valence-electron chi connectivity index (χ1n) is 6.36. The van der Waals surface area contributed by atoms with Crippen LogP contribution in [0, 0.1) is 11.6 Å². The Morgan fingerprint density at radius 2 is 1.70 bits per heavy atom. The van der Waals surface area contributed by atoms with Gasteiger partial charge in [-0.25, -0.2) is 17.6 Å². The highest BCUT2D eigenvalue weighted by molar-refractivity contribution is 9.10. The third-order valence-corrected chi connectivity index (χ3v) is 3.83. The van der Waals surface area contributed by atoms with Crippen LogP contribution in [0.25, 0.3) is 0 Å². The smallest absolute Gasteiger partial charge is 0.240 e. The Labute approximate surface area is 123 Å². The van der Waals surface area contributed by atoms with Crippen molar-refractivity contribution in [2.45, 2.75) is 18.9 Å². The molecule has 20 heavy (non-hydrogen) atoms. The molecule has 0 aliphatic carbocycles. The molecular formula is C13H15BrF4N2. The maximum Gasteiger partial charge on any atom is 0.240 e. The quantitative estimate of drug-likeness (QED) is 0.834. The summed E-state index contributed by atoms with van der Waals surface area (Å²) in [6.45, 7) is 2.23. The Kier molecular flexibility index (Phi) is 5.40. The number of hydrogen-bond acceptors (Lipinski definition) is 2. The summed E-state index contributed by atoms with van der Waals surface area (Å²) in [5, 5.41) is 3.09. The van der Waals surface area contributed by atoms with Crippen molar-refractivity contribution in [1.29, 1.82) is 0 Å². The number of rotatable bonds is 4. The summed E-state index contributed by atoms with van der Waals surface area (Å²) in [5.41, 5.74) is -0.268. The highest BCUT2D eigenvalue weighted by Crippen LogP contribution is 2.33. The number of hydrogen-bond donors (Lipinski definition) is 1. The fourth-order valence-corrected chi connectivity index (χ4v) is 2.89. The number of alkyl halides is 2. The van der Waals surface area contributed by atoms with Crippen molar-refractivity contribution in [2.24, 2.45) is 0 Å². The molecule has 112 valence electrons.